The van der Waals surface area contributed by atoms with Crippen LogP contribution in [0.5, 0.6) is 11.6 Å². The van der Waals surface area contributed by atoms with Crippen molar-refractivity contribution in [3.8, 4) is 17.3 Å². The second-order valence-corrected chi connectivity index (χ2v) is 6.88. The number of benzene rings is 1. The van der Waals surface area contributed by atoms with Gasteiger partial charge in [-0.15, -0.1) is 0 Å². The van der Waals surface area contributed by atoms with Gasteiger partial charge in [0.2, 0.25) is 5.88 Å². The van der Waals surface area contributed by atoms with Crippen LogP contribution in [0.3, 0.4) is 0 Å². The Morgan fingerprint density at radius 2 is 1.70 bits per heavy atom. The van der Waals surface area contributed by atoms with Crippen molar-refractivity contribution in [3.05, 3.63) is 77.9 Å². The van der Waals surface area contributed by atoms with Crippen LogP contribution in [0.25, 0.3) is 5.69 Å². The largest absolute Gasteiger partial charge is 0.436 e. The second-order valence-electron chi connectivity index (χ2n) is 5.63. The molecule has 0 fully saturated rings. The van der Waals surface area contributed by atoms with E-state index < -0.39 is 34.6 Å². The Bertz CT molecular complexity index is 1270. The van der Waals surface area contributed by atoms with Crippen molar-refractivity contribution < 1.29 is 22.3 Å². The van der Waals surface area contributed by atoms with Crippen molar-refractivity contribution >= 4 is 34.8 Å². The minimum absolute atomic E-state index is 0.0412. The Kier molecular flexibility index (Phi) is 5.72. The van der Waals surface area contributed by atoms with Crippen LogP contribution in [-0.4, -0.2) is 14.2 Å². The van der Waals surface area contributed by atoms with Crippen molar-refractivity contribution in [1.29, 1.82) is 0 Å². The van der Waals surface area contributed by atoms with Gasteiger partial charge in [0.1, 0.15) is 16.6 Å². The lowest BCUT2D eigenvalue weighted by atomic mass is 10.2. The van der Waals surface area contributed by atoms with Gasteiger partial charge in [-0.25, -0.2) is 23.4 Å². The van der Waals surface area contributed by atoms with Gasteiger partial charge in [-0.1, -0.05) is 34.8 Å². The number of pyridine rings is 1. The maximum atomic E-state index is 14.4. The van der Waals surface area contributed by atoms with Crippen molar-refractivity contribution in [3.63, 3.8) is 0 Å². The first-order chi connectivity index (χ1) is 13.9. The molecule has 0 aliphatic heterocycles. The van der Waals surface area contributed by atoms with E-state index in [9.17, 15) is 27.2 Å². The number of nitrogens with zero attached hydrogens (tertiary/aromatic N) is 3. The molecule has 0 spiro atoms. The van der Waals surface area contributed by atoms with Gasteiger partial charge in [0.25, 0.3) is 5.56 Å². The molecule has 7 nitrogen and oxygen atoms in total. The maximum Gasteiger partial charge on any atom is 0.433 e. The number of hydrogen-bond donors (Lipinski definition) is 1. The van der Waals surface area contributed by atoms with Crippen molar-refractivity contribution in [2.24, 2.45) is 0 Å². The molecule has 2 heterocycles. The fourth-order valence-electron chi connectivity index (χ4n) is 2.35. The third kappa shape index (κ3) is 4.09. The highest BCUT2D eigenvalue weighted by Crippen LogP contribution is 2.35. The first-order valence-corrected chi connectivity index (χ1v) is 8.73. The Morgan fingerprint density at radius 3 is 2.30 bits per heavy atom. The van der Waals surface area contributed by atoms with Crippen LogP contribution >= 0.6 is 34.8 Å². The number of ether oxygens (including phenoxy) is 1. The summed E-state index contributed by atoms with van der Waals surface area (Å²) in [6, 6.07) is 2.83. The second kappa shape index (κ2) is 7.82. The Morgan fingerprint density at radius 1 is 1.03 bits per heavy atom. The molecular formula is C16H7Cl3F4N4O3. The molecular weight excluding hydrogens is 479 g/mol. The SMILES string of the molecule is Nn1c(C(F)(F)F)cc(=O)n(-c2cc(Oc3ncc(Cl)cc3Cl)c(Cl)cc2F)c1=O. The van der Waals surface area contributed by atoms with E-state index in [-0.39, 0.29) is 42.0 Å². The topological polar surface area (TPSA) is 92.1 Å². The summed E-state index contributed by atoms with van der Waals surface area (Å²) in [5, 5.41) is -0.157. The van der Waals surface area contributed by atoms with Crippen LogP contribution in [0, 0.1) is 5.82 Å². The van der Waals surface area contributed by atoms with E-state index in [4.69, 9.17) is 45.4 Å². The number of nitrogens with two attached hydrogens (primary N) is 1. The highest BCUT2D eigenvalue weighted by Gasteiger charge is 2.36. The van der Waals surface area contributed by atoms with Gasteiger partial charge in [-0.2, -0.15) is 13.2 Å². The summed E-state index contributed by atoms with van der Waals surface area (Å²) in [6.07, 6.45) is -3.90. The predicted molar refractivity (Wildman–Crippen MR) is 101 cm³/mol. The monoisotopic (exact) mass is 484 g/mol. The molecule has 14 heteroatoms. The molecule has 2 N–H and O–H groups in total. The van der Waals surface area contributed by atoms with E-state index in [1.54, 1.807) is 0 Å². The predicted octanol–water partition coefficient (Wildman–Crippen LogP) is 4.02. The lowest BCUT2D eigenvalue weighted by Gasteiger charge is -2.15. The zero-order valence-electron chi connectivity index (χ0n) is 14.2. The van der Waals surface area contributed by atoms with Gasteiger partial charge in [0, 0.05) is 18.3 Å². The zero-order chi connectivity index (χ0) is 22.4. The number of alkyl halides is 3. The average Bonchev–Trinajstić information content (AvgIpc) is 2.62. The molecule has 0 radical (unpaired) electrons. The molecule has 158 valence electrons. The van der Waals surface area contributed by atoms with E-state index in [0.29, 0.717) is 6.07 Å². The summed E-state index contributed by atoms with van der Waals surface area (Å²) in [5.41, 5.74) is -5.60. The highest BCUT2D eigenvalue weighted by atomic mass is 35.5. The van der Waals surface area contributed by atoms with E-state index in [1.807, 2.05) is 0 Å². The molecule has 1 aromatic carbocycles. The molecule has 3 rings (SSSR count). The van der Waals surface area contributed by atoms with E-state index in [0.717, 1.165) is 6.07 Å². The number of aromatic nitrogens is 3. The lowest BCUT2D eigenvalue weighted by molar-refractivity contribution is -0.143. The van der Waals surface area contributed by atoms with Gasteiger partial charge in [0.15, 0.2) is 5.69 Å². The maximum absolute atomic E-state index is 14.4. The standard InChI is InChI=1S/C16H7Cl3F4N4O3/c17-6-1-8(19)14(25-5-6)30-11-3-10(9(20)2-7(11)18)26-13(28)4-12(16(21,22)23)27(24)15(26)29/h1-5H,24H2. The van der Waals surface area contributed by atoms with Crippen LogP contribution < -0.4 is 21.8 Å². The first-order valence-electron chi connectivity index (χ1n) is 7.60. The minimum Gasteiger partial charge on any atom is -0.436 e. The Balaban J connectivity index is 2.19. The summed E-state index contributed by atoms with van der Waals surface area (Å²) in [6.45, 7) is 0. The van der Waals surface area contributed by atoms with Crippen LogP contribution in [0.2, 0.25) is 15.1 Å². The number of rotatable bonds is 3. The molecule has 0 saturated carbocycles. The summed E-state index contributed by atoms with van der Waals surface area (Å²) in [4.78, 5) is 28.2. The molecule has 0 unspecified atom stereocenters. The molecule has 3 aromatic rings. The summed E-state index contributed by atoms with van der Waals surface area (Å²) in [5.74, 6) is 3.45. The Hall–Kier alpha value is -2.76. The molecule has 2 aromatic heterocycles. The van der Waals surface area contributed by atoms with Gasteiger partial charge in [-0.3, -0.25) is 4.79 Å². The molecule has 30 heavy (non-hydrogen) atoms. The summed E-state index contributed by atoms with van der Waals surface area (Å²) in [7, 11) is 0. The third-order valence-corrected chi connectivity index (χ3v) is 4.42. The molecule has 0 aliphatic carbocycles. The van der Waals surface area contributed by atoms with Gasteiger partial charge >= 0.3 is 11.9 Å². The van der Waals surface area contributed by atoms with Gasteiger partial charge in [-0.05, 0) is 12.1 Å². The summed E-state index contributed by atoms with van der Waals surface area (Å²) >= 11 is 17.6. The fourth-order valence-corrected chi connectivity index (χ4v) is 2.95. The first kappa shape index (κ1) is 21.9. The highest BCUT2D eigenvalue weighted by molar-refractivity contribution is 6.35. The van der Waals surface area contributed by atoms with Crippen LogP contribution in [0.1, 0.15) is 5.69 Å². The molecule has 0 aliphatic rings. The van der Waals surface area contributed by atoms with E-state index in [1.165, 1.54) is 12.3 Å². The third-order valence-electron chi connectivity index (χ3n) is 3.65. The smallest absolute Gasteiger partial charge is 0.433 e. The van der Waals surface area contributed by atoms with E-state index in [2.05, 4.69) is 4.98 Å². The average molecular weight is 486 g/mol. The normalized spacial score (nSPS) is 11.6. The van der Waals surface area contributed by atoms with E-state index >= 15 is 0 Å². The number of hydrogen-bond acceptors (Lipinski definition) is 5. The summed E-state index contributed by atoms with van der Waals surface area (Å²) < 4.78 is 58.3. The van der Waals surface area contributed by atoms with Crippen LogP contribution in [0.15, 0.2) is 40.1 Å². The fraction of sp³-hybridized carbons (Fsp3) is 0.0625. The number of halogens is 7. The molecule has 0 atom stereocenters. The molecule has 0 bridgehead atoms. The zero-order valence-corrected chi connectivity index (χ0v) is 16.4. The quantitative estimate of drug-likeness (QED) is 0.447. The van der Waals surface area contributed by atoms with Crippen LogP contribution in [0.4, 0.5) is 17.6 Å². The van der Waals surface area contributed by atoms with Gasteiger partial charge in [0.05, 0.1) is 15.7 Å². The van der Waals surface area contributed by atoms with Crippen LogP contribution in [-0.2, 0) is 6.18 Å². The van der Waals surface area contributed by atoms with Crippen molar-refractivity contribution in [2.75, 3.05) is 5.84 Å². The molecule has 0 saturated heterocycles. The lowest BCUT2D eigenvalue weighted by Crippen LogP contribution is -2.45. The molecule has 0 amide bonds. The van der Waals surface area contributed by atoms with Gasteiger partial charge < -0.3 is 10.6 Å². The van der Waals surface area contributed by atoms with Crippen molar-refractivity contribution in [2.45, 2.75) is 6.18 Å². The Labute approximate surface area is 178 Å². The minimum atomic E-state index is -5.09. The van der Waals surface area contributed by atoms with Crippen molar-refractivity contribution in [1.82, 2.24) is 14.2 Å². The number of nitrogen functional groups attached to an aromatic ring is 1.